The van der Waals surface area contributed by atoms with Gasteiger partial charge < -0.3 is 9.88 Å². The molecule has 0 radical (unpaired) electrons. The number of nitrogens with one attached hydrogen (secondary N) is 1. The van der Waals surface area contributed by atoms with Crippen LogP contribution >= 0.6 is 0 Å². The Bertz CT molecular complexity index is 501. The fraction of sp³-hybridized carbons (Fsp3) is 0.786. The molecule has 1 aromatic rings. The van der Waals surface area contributed by atoms with Crippen LogP contribution < -0.4 is 5.32 Å². The topological polar surface area (TPSA) is 64.0 Å². The molecule has 5 nitrogen and oxygen atoms in total. The van der Waals surface area contributed by atoms with Crippen molar-refractivity contribution in [1.82, 2.24) is 14.9 Å². The summed E-state index contributed by atoms with van der Waals surface area (Å²) in [4.78, 5) is 4.30. The number of rotatable bonds is 8. The molecule has 1 aromatic heterocycles. The number of nitrogens with zero attached hydrogens (tertiary/aromatic N) is 2. The van der Waals surface area contributed by atoms with E-state index < -0.39 is 14.6 Å². The van der Waals surface area contributed by atoms with Crippen LogP contribution in [0.4, 0.5) is 0 Å². The molecule has 0 saturated carbocycles. The second-order valence-electron chi connectivity index (χ2n) is 6.03. The third-order valence-corrected chi connectivity index (χ3v) is 5.81. The summed E-state index contributed by atoms with van der Waals surface area (Å²) in [5.41, 5.74) is 1.00. The zero-order chi connectivity index (χ0) is 15.2. The molecule has 0 aliphatic carbocycles. The van der Waals surface area contributed by atoms with Crippen LogP contribution in [0.3, 0.4) is 0 Å². The van der Waals surface area contributed by atoms with Gasteiger partial charge in [-0.05, 0) is 33.7 Å². The molecule has 0 aliphatic rings. The molecule has 0 amide bonds. The molecule has 1 rings (SSSR count). The van der Waals surface area contributed by atoms with Crippen molar-refractivity contribution in [2.75, 3.05) is 18.8 Å². The van der Waals surface area contributed by atoms with E-state index in [9.17, 15) is 8.42 Å². The van der Waals surface area contributed by atoms with Crippen molar-refractivity contribution in [3.05, 3.63) is 18.2 Å². The number of hydrogen-bond donors (Lipinski definition) is 1. The lowest BCUT2D eigenvalue weighted by molar-refractivity contribution is 0.553. The summed E-state index contributed by atoms with van der Waals surface area (Å²) < 4.78 is 25.2. The smallest absolute Gasteiger partial charge is 0.156 e. The number of aromatic nitrogens is 2. The third-order valence-electron chi connectivity index (χ3n) is 3.22. The van der Waals surface area contributed by atoms with Gasteiger partial charge in [0.2, 0.25) is 0 Å². The summed E-state index contributed by atoms with van der Waals surface area (Å²) in [6.07, 6.45) is 5.65. The van der Waals surface area contributed by atoms with Crippen LogP contribution in [0.2, 0.25) is 0 Å². The molecule has 0 saturated heterocycles. The summed E-state index contributed by atoms with van der Waals surface area (Å²) in [6, 6.07) is 0. The maximum Gasteiger partial charge on any atom is 0.156 e. The van der Waals surface area contributed by atoms with Crippen LogP contribution in [0, 0.1) is 0 Å². The maximum absolute atomic E-state index is 12.0. The van der Waals surface area contributed by atoms with Crippen molar-refractivity contribution in [1.29, 1.82) is 0 Å². The lowest BCUT2D eigenvalue weighted by Crippen LogP contribution is -2.31. The fourth-order valence-electron chi connectivity index (χ4n) is 1.71. The standard InChI is InChI=1S/C14H27N3O2S/c1-5-7-15-8-6-13-11-17(12-16-13)9-10-20(18,19)14(2,3)4/h11-12,15H,5-10H2,1-4H3. The first-order valence-electron chi connectivity index (χ1n) is 7.20. The highest BCUT2D eigenvalue weighted by molar-refractivity contribution is 7.92. The van der Waals surface area contributed by atoms with Crippen molar-refractivity contribution in [2.24, 2.45) is 0 Å². The number of imidazole rings is 1. The predicted octanol–water partition coefficient (Wildman–Crippen LogP) is 1.64. The average molecular weight is 301 g/mol. The van der Waals surface area contributed by atoms with E-state index in [1.807, 2.05) is 10.8 Å². The molecule has 0 aromatic carbocycles. The van der Waals surface area contributed by atoms with Crippen LogP contribution in [-0.4, -0.2) is 41.6 Å². The van der Waals surface area contributed by atoms with Crippen molar-refractivity contribution >= 4 is 9.84 Å². The maximum atomic E-state index is 12.0. The minimum atomic E-state index is -3.07. The molecule has 20 heavy (non-hydrogen) atoms. The van der Waals surface area contributed by atoms with Gasteiger partial charge in [-0.3, -0.25) is 0 Å². The van der Waals surface area contributed by atoms with E-state index >= 15 is 0 Å². The second kappa shape index (κ2) is 7.22. The monoisotopic (exact) mass is 301 g/mol. The number of hydrogen-bond acceptors (Lipinski definition) is 4. The first-order chi connectivity index (χ1) is 9.26. The summed E-state index contributed by atoms with van der Waals surface area (Å²) in [6.45, 7) is 9.74. The Morgan fingerprint density at radius 3 is 2.60 bits per heavy atom. The van der Waals surface area contributed by atoms with Crippen LogP contribution in [0.15, 0.2) is 12.5 Å². The summed E-state index contributed by atoms with van der Waals surface area (Å²) >= 11 is 0. The molecule has 116 valence electrons. The molecule has 0 fully saturated rings. The normalized spacial score (nSPS) is 12.8. The molecule has 0 aliphatic heterocycles. The SMILES string of the molecule is CCCNCCc1cn(CCS(=O)(=O)C(C)(C)C)cn1. The highest BCUT2D eigenvalue weighted by Crippen LogP contribution is 2.16. The molecule has 6 heteroatoms. The van der Waals surface area contributed by atoms with Crippen molar-refractivity contribution in [3.63, 3.8) is 0 Å². The Kier molecular flexibility index (Phi) is 6.20. The molecule has 0 bridgehead atoms. The van der Waals surface area contributed by atoms with Crippen molar-refractivity contribution < 1.29 is 8.42 Å². The predicted molar refractivity (Wildman–Crippen MR) is 82.6 cm³/mol. The third kappa shape index (κ3) is 5.25. The molecule has 0 atom stereocenters. The summed E-state index contributed by atoms with van der Waals surface area (Å²) in [5, 5.41) is 3.32. The zero-order valence-electron chi connectivity index (χ0n) is 13.0. The van der Waals surface area contributed by atoms with E-state index in [4.69, 9.17) is 0 Å². The highest BCUT2D eigenvalue weighted by atomic mass is 32.2. The van der Waals surface area contributed by atoms with Gasteiger partial charge >= 0.3 is 0 Å². The average Bonchev–Trinajstić information content (AvgIpc) is 2.79. The Balaban J connectivity index is 2.45. The molecule has 1 heterocycles. The molecule has 0 unspecified atom stereocenters. The van der Waals surface area contributed by atoms with Gasteiger partial charge in [0.05, 0.1) is 22.5 Å². The van der Waals surface area contributed by atoms with Crippen LogP contribution in [0.1, 0.15) is 39.8 Å². The zero-order valence-corrected chi connectivity index (χ0v) is 13.8. The van der Waals surface area contributed by atoms with Crippen molar-refractivity contribution in [2.45, 2.75) is 51.8 Å². The van der Waals surface area contributed by atoms with E-state index in [2.05, 4.69) is 17.2 Å². The molecule has 1 N–H and O–H groups in total. The van der Waals surface area contributed by atoms with E-state index in [1.165, 1.54) is 0 Å². The molecular formula is C14H27N3O2S. The minimum absolute atomic E-state index is 0.153. The van der Waals surface area contributed by atoms with Gasteiger partial charge in [-0.2, -0.15) is 0 Å². The van der Waals surface area contributed by atoms with E-state index in [1.54, 1.807) is 27.1 Å². The lowest BCUT2D eigenvalue weighted by Gasteiger charge is -2.19. The van der Waals surface area contributed by atoms with Gasteiger partial charge in [-0.1, -0.05) is 6.92 Å². The summed E-state index contributed by atoms with van der Waals surface area (Å²) in [5.74, 6) is 0.153. The molecular weight excluding hydrogens is 274 g/mol. The van der Waals surface area contributed by atoms with E-state index in [-0.39, 0.29) is 5.75 Å². The minimum Gasteiger partial charge on any atom is -0.336 e. The lowest BCUT2D eigenvalue weighted by atomic mass is 10.3. The van der Waals surface area contributed by atoms with Gasteiger partial charge in [0, 0.05) is 25.7 Å². The first kappa shape index (κ1) is 17.2. The first-order valence-corrected chi connectivity index (χ1v) is 8.85. The van der Waals surface area contributed by atoms with E-state index in [0.29, 0.717) is 6.54 Å². The van der Waals surface area contributed by atoms with Gasteiger partial charge in [-0.25, -0.2) is 13.4 Å². The number of sulfone groups is 1. The number of aryl methyl sites for hydroxylation is 1. The quantitative estimate of drug-likeness (QED) is 0.741. The van der Waals surface area contributed by atoms with E-state index in [0.717, 1.165) is 31.6 Å². The largest absolute Gasteiger partial charge is 0.336 e. The van der Waals surface area contributed by atoms with Gasteiger partial charge in [0.25, 0.3) is 0 Å². The highest BCUT2D eigenvalue weighted by Gasteiger charge is 2.28. The Labute approximate surface area is 122 Å². The molecule has 0 spiro atoms. The second-order valence-corrected chi connectivity index (χ2v) is 8.90. The van der Waals surface area contributed by atoms with Gasteiger partial charge in [0.1, 0.15) is 0 Å². The van der Waals surface area contributed by atoms with Crippen LogP contribution in [0.25, 0.3) is 0 Å². The Hall–Kier alpha value is -0.880. The summed E-state index contributed by atoms with van der Waals surface area (Å²) in [7, 11) is -3.07. The van der Waals surface area contributed by atoms with Crippen LogP contribution in [-0.2, 0) is 22.8 Å². The Morgan fingerprint density at radius 2 is 2.00 bits per heavy atom. The van der Waals surface area contributed by atoms with Crippen LogP contribution in [0.5, 0.6) is 0 Å². The van der Waals surface area contributed by atoms with Gasteiger partial charge in [0.15, 0.2) is 9.84 Å². The van der Waals surface area contributed by atoms with Crippen molar-refractivity contribution in [3.8, 4) is 0 Å². The fourth-order valence-corrected chi connectivity index (χ4v) is 2.77. The van der Waals surface area contributed by atoms with Gasteiger partial charge in [-0.15, -0.1) is 0 Å². The Morgan fingerprint density at radius 1 is 1.30 bits per heavy atom.